The molecule has 1 saturated heterocycles. The number of carbonyl (C=O) groups is 4. The van der Waals surface area contributed by atoms with Crippen LogP contribution in [0.5, 0.6) is 0 Å². The standard InChI is InChI=1S/C24H27N3O5/c28-21-8-7-20(22(29)26-21)27-12-17-6-3-15(10-19(17)23(27)30)11-25-24(31)32-13-18-9-14-1-4-16(18)5-2-14/h1,3-4,6,10,14,16,18,20H,2,5,7-9,11-13H2,(H,25,31)(H,26,28,29)/t14-,16+,18+,20-/m1/s1. The second-order valence-corrected chi connectivity index (χ2v) is 9.23. The highest BCUT2D eigenvalue weighted by Crippen LogP contribution is 2.40. The van der Waals surface area contributed by atoms with Gasteiger partial charge in [-0.25, -0.2) is 4.79 Å². The third-order valence-electron chi connectivity index (χ3n) is 7.17. The molecule has 168 valence electrons. The number of rotatable bonds is 5. The summed E-state index contributed by atoms with van der Waals surface area (Å²) in [6.07, 6.45) is 8.18. The van der Waals surface area contributed by atoms with Gasteiger partial charge in [0.05, 0.1) is 6.61 Å². The zero-order valence-corrected chi connectivity index (χ0v) is 17.8. The third-order valence-corrected chi connectivity index (χ3v) is 7.17. The largest absolute Gasteiger partial charge is 0.449 e. The number of hydrogen-bond acceptors (Lipinski definition) is 5. The molecule has 2 aliphatic heterocycles. The van der Waals surface area contributed by atoms with Crippen LogP contribution in [0, 0.1) is 17.8 Å². The summed E-state index contributed by atoms with van der Waals surface area (Å²) in [6.45, 7) is 1.03. The Hall–Kier alpha value is -3.16. The van der Waals surface area contributed by atoms with Gasteiger partial charge in [-0.3, -0.25) is 19.7 Å². The van der Waals surface area contributed by atoms with Crippen LogP contribution in [-0.4, -0.2) is 41.4 Å². The van der Waals surface area contributed by atoms with E-state index in [0.29, 0.717) is 42.9 Å². The molecule has 8 nitrogen and oxygen atoms in total. The van der Waals surface area contributed by atoms with Crippen LogP contribution in [0.25, 0.3) is 0 Å². The minimum absolute atomic E-state index is 0.223. The number of imide groups is 1. The maximum atomic E-state index is 12.9. The van der Waals surface area contributed by atoms with Gasteiger partial charge >= 0.3 is 6.09 Å². The molecule has 0 radical (unpaired) electrons. The van der Waals surface area contributed by atoms with E-state index in [0.717, 1.165) is 17.5 Å². The minimum atomic E-state index is -0.631. The molecule has 0 unspecified atom stereocenters. The molecule has 1 saturated carbocycles. The highest BCUT2D eigenvalue weighted by molar-refractivity contribution is 6.05. The van der Waals surface area contributed by atoms with Crippen LogP contribution in [-0.2, 0) is 27.4 Å². The third kappa shape index (κ3) is 4.01. The summed E-state index contributed by atoms with van der Waals surface area (Å²) < 4.78 is 5.46. The zero-order valence-electron chi connectivity index (χ0n) is 17.8. The first-order valence-electron chi connectivity index (χ1n) is 11.3. The van der Waals surface area contributed by atoms with Crippen LogP contribution in [0.2, 0.25) is 0 Å². The van der Waals surface area contributed by atoms with Crippen LogP contribution in [0.15, 0.2) is 30.4 Å². The summed E-state index contributed by atoms with van der Waals surface area (Å²) >= 11 is 0. The van der Waals surface area contributed by atoms with Crippen molar-refractivity contribution in [1.29, 1.82) is 0 Å². The average Bonchev–Trinajstić information content (AvgIpc) is 3.13. The predicted molar refractivity (Wildman–Crippen MR) is 114 cm³/mol. The summed E-state index contributed by atoms with van der Waals surface area (Å²) in [5.41, 5.74) is 2.16. The molecule has 8 heteroatoms. The highest BCUT2D eigenvalue weighted by atomic mass is 16.5. The Kier molecular flexibility index (Phi) is 5.45. The number of nitrogens with one attached hydrogen (secondary N) is 2. The number of ether oxygens (including phenoxy) is 1. The molecular weight excluding hydrogens is 410 g/mol. The average molecular weight is 437 g/mol. The summed E-state index contributed by atoms with van der Waals surface area (Å²) in [4.78, 5) is 50.2. The number of carbonyl (C=O) groups excluding carboxylic acids is 4. The van der Waals surface area contributed by atoms with Gasteiger partial charge in [0.2, 0.25) is 11.8 Å². The van der Waals surface area contributed by atoms with Crippen LogP contribution in [0.3, 0.4) is 0 Å². The molecule has 2 heterocycles. The predicted octanol–water partition coefficient (Wildman–Crippen LogP) is 2.28. The Morgan fingerprint density at radius 1 is 1.16 bits per heavy atom. The van der Waals surface area contributed by atoms with E-state index in [1.165, 1.54) is 17.7 Å². The number of nitrogens with zero attached hydrogens (tertiary/aromatic N) is 1. The van der Waals surface area contributed by atoms with E-state index in [-0.39, 0.29) is 24.8 Å². The van der Waals surface area contributed by atoms with E-state index in [2.05, 4.69) is 22.8 Å². The Morgan fingerprint density at radius 3 is 2.75 bits per heavy atom. The number of alkyl carbamates (subject to hydrolysis) is 1. The van der Waals surface area contributed by atoms with Gasteiger partial charge in [-0.1, -0.05) is 24.3 Å². The molecule has 6 rings (SSSR count). The molecular formula is C24H27N3O5. The van der Waals surface area contributed by atoms with Crippen LogP contribution in [0.4, 0.5) is 4.79 Å². The monoisotopic (exact) mass is 437 g/mol. The summed E-state index contributed by atoms with van der Waals surface area (Å²) in [5, 5.41) is 5.07. The van der Waals surface area contributed by atoms with Crippen molar-refractivity contribution in [2.45, 2.75) is 51.2 Å². The van der Waals surface area contributed by atoms with Crippen LogP contribution >= 0.6 is 0 Å². The lowest BCUT2D eigenvalue weighted by molar-refractivity contribution is -0.136. The van der Waals surface area contributed by atoms with Gasteiger partial charge in [-0.2, -0.15) is 0 Å². The quantitative estimate of drug-likeness (QED) is 0.543. The van der Waals surface area contributed by atoms with E-state index < -0.39 is 18.0 Å². The van der Waals surface area contributed by atoms with Crippen molar-refractivity contribution in [3.63, 3.8) is 0 Å². The molecule has 0 aromatic heterocycles. The fraction of sp³-hybridized carbons (Fsp3) is 0.500. The molecule has 4 atom stereocenters. The van der Waals surface area contributed by atoms with Crippen molar-refractivity contribution in [3.05, 3.63) is 47.0 Å². The topological polar surface area (TPSA) is 105 Å². The normalized spacial score (nSPS) is 28.5. The van der Waals surface area contributed by atoms with Crippen molar-refractivity contribution < 1.29 is 23.9 Å². The van der Waals surface area contributed by atoms with Gasteiger partial charge in [-0.15, -0.1) is 0 Å². The maximum absolute atomic E-state index is 12.9. The first-order valence-corrected chi connectivity index (χ1v) is 11.3. The van der Waals surface area contributed by atoms with E-state index in [1.54, 1.807) is 6.07 Å². The second-order valence-electron chi connectivity index (χ2n) is 9.23. The van der Waals surface area contributed by atoms with Gasteiger partial charge in [-0.05, 0) is 60.6 Å². The molecule has 2 bridgehead atoms. The van der Waals surface area contributed by atoms with E-state index >= 15 is 0 Å². The van der Waals surface area contributed by atoms with Crippen molar-refractivity contribution in [2.75, 3.05) is 6.61 Å². The summed E-state index contributed by atoms with van der Waals surface area (Å²) in [5.74, 6) is 0.597. The maximum Gasteiger partial charge on any atom is 0.407 e. The Morgan fingerprint density at radius 2 is 2.03 bits per heavy atom. The Labute approximate surface area is 186 Å². The van der Waals surface area contributed by atoms with Crippen molar-refractivity contribution in [2.24, 2.45) is 17.8 Å². The summed E-state index contributed by atoms with van der Waals surface area (Å²) in [6, 6.07) is 4.85. The van der Waals surface area contributed by atoms with E-state index in [4.69, 9.17) is 4.74 Å². The molecule has 2 fully saturated rings. The van der Waals surface area contributed by atoms with E-state index in [1.807, 2.05) is 12.1 Å². The van der Waals surface area contributed by atoms with Crippen molar-refractivity contribution in [1.82, 2.24) is 15.5 Å². The lowest BCUT2D eigenvalue weighted by atomic mass is 9.69. The number of fused-ring (bicyclic) bond motifs is 3. The van der Waals surface area contributed by atoms with Crippen LogP contribution in [0.1, 0.15) is 53.6 Å². The Bertz CT molecular complexity index is 1000. The van der Waals surface area contributed by atoms with Crippen molar-refractivity contribution >= 4 is 23.8 Å². The molecule has 2 N–H and O–H groups in total. The summed E-state index contributed by atoms with van der Waals surface area (Å²) in [7, 11) is 0. The molecule has 4 amide bonds. The fourth-order valence-electron chi connectivity index (χ4n) is 5.36. The van der Waals surface area contributed by atoms with Crippen LogP contribution < -0.4 is 10.6 Å². The molecule has 1 aromatic rings. The Balaban J connectivity index is 1.14. The molecule has 5 aliphatic rings. The number of hydrogen-bond donors (Lipinski definition) is 2. The smallest absolute Gasteiger partial charge is 0.407 e. The molecule has 3 aliphatic carbocycles. The molecule has 0 spiro atoms. The van der Waals surface area contributed by atoms with Gasteiger partial charge < -0.3 is 15.0 Å². The molecule has 1 aromatic carbocycles. The lowest BCUT2D eigenvalue weighted by Crippen LogP contribution is -2.52. The van der Waals surface area contributed by atoms with Gasteiger partial charge in [0.25, 0.3) is 5.91 Å². The number of amides is 4. The second kappa shape index (κ2) is 8.41. The SMILES string of the molecule is O=C1CC[C@@H](N2Cc3ccc(CNC(=O)OC[C@@H]4C[C@@H]5C=C[C@H]4CC5)cc3C2=O)C(=O)N1. The lowest BCUT2D eigenvalue weighted by Gasteiger charge is -2.37. The minimum Gasteiger partial charge on any atom is -0.449 e. The van der Waals surface area contributed by atoms with Gasteiger partial charge in [0, 0.05) is 25.1 Å². The first-order chi connectivity index (χ1) is 15.5. The molecule has 32 heavy (non-hydrogen) atoms. The number of piperidine rings is 1. The van der Waals surface area contributed by atoms with Gasteiger partial charge in [0.15, 0.2) is 0 Å². The van der Waals surface area contributed by atoms with Crippen molar-refractivity contribution in [3.8, 4) is 0 Å². The van der Waals surface area contributed by atoms with Gasteiger partial charge in [0.1, 0.15) is 6.04 Å². The zero-order chi connectivity index (χ0) is 22.2. The number of benzene rings is 1. The fourth-order valence-corrected chi connectivity index (χ4v) is 5.36. The number of allylic oxidation sites excluding steroid dienone is 2. The highest BCUT2D eigenvalue weighted by Gasteiger charge is 2.39. The first kappa shape index (κ1) is 20.7. The van der Waals surface area contributed by atoms with E-state index in [9.17, 15) is 19.2 Å².